The maximum atomic E-state index is 12.9. The van der Waals surface area contributed by atoms with Gasteiger partial charge in [0.1, 0.15) is 10.7 Å². The summed E-state index contributed by atoms with van der Waals surface area (Å²) in [5.74, 6) is 0. The minimum atomic E-state index is -4.44. The van der Waals surface area contributed by atoms with Crippen molar-refractivity contribution in [1.29, 1.82) is 5.41 Å². The molecule has 2 aromatic heterocycles. The summed E-state index contributed by atoms with van der Waals surface area (Å²) < 4.78 is 82.2. The van der Waals surface area contributed by atoms with E-state index in [1.54, 1.807) is 48.5 Å². The molecule has 13 heteroatoms. The monoisotopic (exact) mass is 677 g/mol. The fourth-order valence-corrected chi connectivity index (χ4v) is 6.02. The Hall–Kier alpha value is -4.97. The third kappa shape index (κ3) is 7.22. The molecule has 1 aliphatic heterocycles. The van der Waals surface area contributed by atoms with E-state index < -0.39 is 23.5 Å². The van der Waals surface area contributed by atoms with Gasteiger partial charge in [0.2, 0.25) is 0 Å². The van der Waals surface area contributed by atoms with Crippen LogP contribution < -0.4 is 10.1 Å². The van der Waals surface area contributed by atoms with Crippen LogP contribution in [-0.2, 0) is 12.4 Å². The summed E-state index contributed by atoms with van der Waals surface area (Å²) in [6, 6.07) is 27.0. The van der Waals surface area contributed by atoms with Gasteiger partial charge in [-0.15, -0.1) is 0 Å². The SMILES string of the molecule is N=C(SC(=[NH2+])c1cccc(-c2ccc(C(F)(F)F)cc2)n1)c1cccc(C2=[N+]=C(c3cccc(-c4ccc(C(F)(F)F)cc4)n3)S2)c1. The van der Waals surface area contributed by atoms with Crippen molar-refractivity contribution in [3.63, 3.8) is 0 Å². The lowest BCUT2D eigenvalue weighted by Crippen LogP contribution is -2.39. The second kappa shape index (κ2) is 12.7. The lowest BCUT2D eigenvalue weighted by atomic mass is 10.1. The number of hydrogen-bond acceptors (Lipinski definition) is 5. The fraction of sp³-hybridized carbons (Fsp3) is 0.0588. The van der Waals surface area contributed by atoms with Crippen molar-refractivity contribution in [2.24, 2.45) is 0 Å². The van der Waals surface area contributed by atoms with Gasteiger partial charge < -0.3 is 0 Å². The second-order valence-electron chi connectivity index (χ2n) is 10.2. The number of nitrogens with zero attached hydrogens (tertiary/aromatic N) is 3. The average molecular weight is 678 g/mol. The van der Waals surface area contributed by atoms with Gasteiger partial charge >= 0.3 is 22.4 Å². The standard InChI is InChI=1S/C34H20F6N5S2/c35-33(36,37)23-14-10-19(11-15-23)25-6-2-8-27(43-25)30(42)46-29(41)21-4-1-5-22(18-21)31-45-32(47-31)28-9-3-7-26(44-28)20-12-16-24(17-13-20)34(38,39)40/h1-18,41-42H/q+1/p+1. The number of aromatic nitrogens is 2. The highest BCUT2D eigenvalue weighted by atomic mass is 32.2. The van der Waals surface area contributed by atoms with Gasteiger partial charge in [-0.2, -0.15) is 26.3 Å². The number of pyridine rings is 2. The molecule has 0 aliphatic carbocycles. The van der Waals surface area contributed by atoms with Crippen LogP contribution in [0, 0.1) is 5.41 Å². The summed E-state index contributed by atoms with van der Waals surface area (Å²) in [6.07, 6.45) is -8.85. The van der Waals surface area contributed by atoms with Crippen LogP contribution >= 0.6 is 23.5 Å². The Morgan fingerprint density at radius 1 is 0.638 bits per heavy atom. The molecule has 5 aromatic rings. The zero-order valence-corrected chi connectivity index (χ0v) is 25.5. The maximum absolute atomic E-state index is 12.9. The summed E-state index contributed by atoms with van der Waals surface area (Å²) >= 11 is 2.40. The predicted molar refractivity (Wildman–Crippen MR) is 174 cm³/mol. The van der Waals surface area contributed by atoms with Crippen molar-refractivity contribution in [2.45, 2.75) is 12.4 Å². The van der Waals surface area contributed by atoms with Crippen LogP contribution in [0.15, 0.2) is 109 Å². The first kappa shape index (κ1) is 32.0. The molecule has 5 nitrogen and oxygen atoms in total. The number of nitrogens with two attached hydrogens (primary N) is 1. The zero-order chi connectivity index (χ0) is 33.3. The van der Waals surface area contributed by atoms with Crippen LogP contribution in [0.4, 0.5) is 26.3 Å². The number of nitrogens with one attached hydrogen (secondary N) is 1. The van der Waals surface area contributed by atoms with Crippen molar-refractivity contribution in [2.75, 3.05) is 0 Å². The van der Waals surface area contributed by atoms with Gasteiger partial charge in [0.15, 0.2) is 5.69 Å². The van der Waals surface area contributed by atoms with Crippen molar-refractivity contribution >= 4 is 43.7 Å². The Labute approximate surface area is 272 Å². The first-order chi connectivity index (χ1) is 22.3. The number of rotatable bonds is 6. The molecule has 0 bridgehead atoms. The number of halogens is 6. The topological polar surface area (TPSA) is 89.3 Å². The minimum Gasteiger partial charge on any atom is -0.293 e. The Bertz CT molecular complexity index is 2080. The first-order valence-corrected chi connectivity index (χ1v) is 15.4. The van der Waals surface area contributed by atoms with Gasteiger partial charge in [0, 0.05) is 28.5 Å². The molecule has 1 aliphatic rings. The van der Waals surface area contributed by atoms with Crippen molar-refractivity contribution in [3.8, 4) is 22.5 Å². The smallest absolute Gasteiger partial charge is 0.293 e. The predicted octanol–water partition coefficient (Wildman–Crippen LogP) is 7.12. The minimum absolute atomic E-state index is 0.158. The number of thioether (sulfide) groups is 2. The quantitative estimate of drug-likeness (QED) is 0.0868. The molecule has 234 valence electrons. The van der Waals surface area contributed by atoms with E-state index in [4.69, 9.17) is 10.8 Å². The highest BCUT2D eigenvalue weighted by Crippen LogP contribution is 2.32. The highest BCUT2D eigenvalue weighted by Gasteiger charge is 2.36. The molecule has 0 spiro atoms. The summed E-state index contributed by atoms with van der Waals surface area (Å²) in [4.78, 5) is 9.07. The molecule has 0 atom stereocenters. The summed E-state index contributed by atoms with van der Waals surface area (Å²) in [5.41, 5.74) is 2.88. The summed E-state index contributed by atoms with van der Waals surface area (Å²) in [7, 11) is 0. The molecule has 6 rings (SSSR count). The third-order valence-electron chi connectivity index (χ3n) is 6.97. The normalized spacial score (nSPS) is 13.0. The molecule has 0 fully saturated rings. The number of benzene rings is 3. The van der Waals surface area contributed by atoms with E-state index >= 15 is 0 Å². The number of alkyl halides is 6. The van der Waals surface area contributed by atoms with E-state index in [0.717, 1.165) is 41.6 Å². The van der Waals surface area contributed by atoms with Crippen molar-refractivity contribution < 1.29 is 31.8 Å². The lowest BCUT2D eigenvalue weighted by Gasteiger charge is -2.08. The van der Waals surface area contributed by atoms with Crippen LogP contribution in [0.25, 0.3) is 22.5 Å². The van der Waals surface area contributed by atoms with Gasteiger partial charge in [0.25, 0.3) is 5.04 Å². The summed E-state index contributed by atoms with van der Waals surface area (Å²) in [5, 5.41) is 16.7. The van der Waals surface area contributed by atoms with Gasteiger partial charge in [-0.05, 0) is 60.7 Å². The fourth-order valence-electron chi connectivity index (χ4n) is 4.55. The van der Waals surface area contributed by atoms with Crippen LogP contribution in [0.2, 0.25) is 0 Å². The molecule has 3 N–H and O–H groups in total. The van der Waals surface area contributed by atoms with Crippen LogP contribution in [-0.4, -0.2) is 30.1 Å². The summed E-state index contributed by atoms with van der Waals surface area (Å²) in [6.45, 7) is 0. The molecular weight excluding hydrogens is 657 g/mol. The van der Waals surface area contributed by atoms with Crippen molar-refractivity contribution in [1.82, 2.24) is 14.6 Å². The van der Waals surface area contributed by atoms with Gasteiger partial charge in [-0.1, -0.05) is 53.2 Å². The van der Waals surface area contributed by atoms with Gasteiger partial charge in [0.05, 0.1) is 39.8 Å². The van der Waals surface area contributed by atoms with Crippen molar-refractivity contribution in [3.05, 3.63) is 143 Å². The van der Waals surface area contributed by atoms with E-state index in [1.807, 2.05) is 12.1 Å². The molecule has 0 amide bonds. The molecule has 0 saturated heterocycles. The van der Waals surface area contributed by atoms with Crippen LogP contribution in [0.1, 0.15) is 33.6 Å². The molecule has 3 heterocycles. The second-order valence-corrected chi connectivity index (χ2v) is 12.2. The Balaban J connectivity index is 1.15. The zero-order valence-electron chi connectivity index (χ0n) is 23.9. The number of hydrogen-bond donors (Lipinski definition) is 2. The van der Waals surface area contributed by atoms with E-state index in [9.17, 15) is 26.3 Å². The average Bonchev–Trinajstić information content (AvgIpc) is 3.04. The van der Waals surface area contributed by atoms with E-state index in [1.165, 1.54) is 36.0 Å². The Morgan fingerprint density at radius 3 is 1.72 bits per heavy atom. The van der Waals surface area contributed by atoms with Gasteiger partial charge in [-0.25, -0.2) is 15.4 Å². The van der Waals surface area contributed by atoms with E-state index in [-0.39, 0.29) is 10.1 Å². The van der Waals surface area contributed by atoms with Crippen LogP contribution in [0.5, 0.6) is 0 Å². The van der Waals surface area contributed by atoms with E-state index in [0.29, 0.717) is 49.6 Å². The Kier molecular flexibility index (Phi) is 8.63. The maximum Gasteiger partial charge on any atom is 0.416 e. The Morgan fingerprint density at radius 2 is 1.15 bits per heavy atom. The molecule has 0 saturated carbocycles. The third-order valence-corrected chi connectivity index (χ3v) is 8.85. The van der Waals surface area contributed by atoms with Crippen LogP contribution in [0.3, 0.4) is 0 Å². The molecular formula is C34H21F6N5S2+2. The molecule has 47 heavy (non-hydrogen) atoms. The van der Waals surface area contributed by atoms with E-state index in [2.05, 4.69) is 14.6 Å². The van der Waals surface area contributed by atoms with Gasteiger partial charge in [-0.3, -0.25) is 5.41 Å². The first-order valence-electron chi connectivity index (χ1n) is 13.8. The molecule has 0 radical (unpaired) electrons. The highest BCUT2D eigenvalue weighted by molar-refractivity contribution is 8.28. The largest absolute Gasteiger partial charge is 0.416 e. The lowest BCUT2D eigenvalue weighted by molar-refractivity contribution is -0.138. The molecule has 0 unspecified atom stereocenters. The molecule has 3 aromatic carbocycles.